The molecule has 0 saturated carbocycles. The van der Waals surface area contributed by atoms with Gasteiger partial charge in [0.15, 0.2) is 6.29 Å². The van der Waals surface area contributed by atoms with E-state index in [1.54, 1.807) is 13.3 Å². The Balaban J connectivity index is 2.87. The standard InChI is InChI=1S/C14H24N4O2/c1-5-15-11-17(4)13(3)18(16-12(2)10-19)14-8-6-7-9-20-14/h5,10-11,13-14H,1,6-9H2,2-4H3/b15-11-,16-12+. The van der Waals surface area contributed by atoms with Gasteiger partial charge in [-0.05, 0) is 33.1 Å². The Labute approximate surface area is 120 Å². The van der Waals surface area contributed by atoms with Gasteiger partial charge in [0.05, 0.1) is 12.1 Å². The summed E-state index contributed by atoms with van der Waals surface area (Å²) in [5, 5.41) is 6.21. The molecule has 1 rings (SSSR count). The van der Waals surface area contributed by atoms with Crippen LogP contribution in [0.3, 0.4) is 0 Å². The maximum atomic E-state index is 10.8. The van der Waals surface area contributed by atoms with Crippen LogP contribution in [0.2, 0.25) is 0 Å². The molecule has 0 spiro atoms. The molecule has 0 aromatic rings. The lowest BCUT2D eigenvalue weighted by Crippen LogP contribution is -2.48. The lowest BCUT2D eigenvalue weighted by Gasteiger charge is -2.39. The summed E-state index contributed by atoms with van der Waals surface area (Å²) in [5.74, 6) is 0. The van der Waals surface area contributed by atoms with Crippen LogP contribution in [0, 0.1) is 0 Å². The smallest absolute Gasteiger partial charge is 0.165 e. The predicted molar refractivity (Wildman–Crippen MR) is 80.5 cm³/mol. The average molecular weight is 280 g/mol. The molecule has 1 saturated heterocycles. The SMILES string of the molecule is C=C/N=C\N(C)C(C)N(/N=C(\C)C=O)C1CCCCO1. The minimum absolute atomic E-state index is 0.0725. The van der Waals surface area contributed by atoms with Crippen molar-refractivity contribution in [3.8, 4) is 0 Å². The van der Waals surface area contributed by atoms with Crippen LogP contribution in [0.1, 0.15) is 33.1 Å². The molecule has 0 amide bonds. The third-order valence-electron chi connectivity index (χ3n) is 3.22. The maximum absolute atomic E-state index is 10.8. The van der Waals surface area contributed by atoms with E-state index in [0.717, 1.165) is 32.2 Å². The highest BCUT2D eigenvalue weighted by molar-refractivity contribution is 6.26. The monoisotopic (exact) mass is 280 g/mol. The van der Waals surface area contributed by atoms with Gasteiger partial charge in [0, 0.05) is 19.9 Å². The van der Waals surface area contributed by atoms with Gasteiger partial charge in [-0.3, -0.25) is 4.79 Å². The van der Waals surface area contributed by atoms with Gasteiger partial charge in [0.25, 0.3) is 0 Å². The quantitative estimate of drug-likeness (QED) is 0.235. The zero-order valence-electron chi connectivity index (χ0n) is 12.5. The molecule has 20 heavy (non-hydrogen) atoms. The molecule has 0 bridgehead atoms. The summed E-state index contributed by atoms with van der Waals surface area (Å²) >= 11 is 0. The van der Waals surface area contributed by atoms with Crippen molar-refractivity contribution in [3.63, 3.8) is 0 Å². The summed E-state index contributed by atoms with van der Waals surface area (Å²) in [7, 11) is 1.90. The molecule has 1 heterocycles. The second kappa shape index (κ2) is 8.47. The summed E-state index contributed by atoms with van der Waals surface area (Å²) in [6, 6.07) is 0. The van der Waals surface area contributed by atoms with Gasteiger partial charge in [-0.25, -0.2) is 10.0 Å². The van der Waals surface area contributed by atoms with Crippen LogP contribution in [-0.2, 0) is 9.53 Å². The molecular weight excluding hydrogens is 256 g/mol. The summed E-state index contributed by atoms with van der Waals surface area (Å²) in [4.78, 5) is 16.7. The normalized spacial score (nSPS) is 21.6. The highest BCUT2D eigenvalue weighted by Crippen LogP contribution is 2.20. The first-order chi connectivity index (χ1) is 9.60. The van der Waals surface area contributed by atoms with E-state index in [9.17, 15) is 4.79 Å². The van der Waals surface area contributed by atoms with Crippen LogP contribution < -0.4 is 0 Å². The van der Waals surface area contributed by atoms with Gasteiger partial charge in [0.2, 0.25) is 0 Å². The van der Waals surface area contributed by atoms with E-state index in [1.165, 1.54) is 6.20 Å². The van der Waals surface area contributed by atoms with Crippen molar-refractivity contribution in [3.05, 3.63) is 12.8 Å². The minimum atomic E-state index is -0.103. The van der Waals surface area contributed by atoms with Gasteiger partial charge < -0.3 is 9.64 Å². The zero-order valence-corrected chi connectivity index (χ0v) is 12.5. The van der Waals surface area contributed by atoms with Gasteiger partial charge in [0.1, 0.15) is 12.4 Å². The molecule has 1 aliphatic heterocycles. The number of aldehydes is 1. The molecule has 2 atom stereocenters. The topological polar surface area (TPSA) is 57.5 Å². The molecule has 0 aliphatic carbocycles. The van der Waals surface area contributed by atoms with Crippen molar-refractivity contribution in [2.45, 2.75) is 45.5 Å². The molecule has 0 radical (unpaired) electrons. The fourth-order valence-corrected chi connectivity index (χ4v) is 1.96. The van der Waals surface area contributed by atoms with Crippen molar-refractivity contribution in [1.29, 1.82) is 0 Å². The van der Waals surface area contributed by atoms with Crippen LogP contribution in [0.25, 0.3) is 0 Å². The number of carbonyl (C=O) groups excluding carboxylic acids is 1. The van der Waals surface area contributed by atoms with Crippen molar-refractivity contribution in [1.82, 2.24) is 9.91 Å². The van der Waals surface area contributed by atoms with Gasteiger partial charge in [-0.15, -0.1) is 0 Å². The number of ether oxygens (including phenoxy) is 1. The molecule has 0 aromatic heterocycles. The van der Waals surface area contributed by atoms with E-state index in [0.29, 0.717) is 5.71 Å². The average Bonchev–Trinajstić information content (AvgIpc) is 2.50. The van der Waals surface area contributed by atoms with E-state index in [1.807, 2.05) is 23.9 Å². The van der Waals surface area contributed by atoms with Gasteiger partial charge >= 0.3 is 0 Å². The minimum Gasteiger partial charge on any atom is -0.357 e. The van der Waals surface area contributed by atoms with Crippen LogP contribution in [0.15, 0.2) is 22.9 Å². The molecule has 1 fully saturated rings. The Hall–Kier alpha value is -1.69. The third-order valence-corrected chi connectivity index (χ3v) is 3.22. The van der Waals surface area contributed by atoms with Crippen molar-refractivity contribution in [2.75, 3.05) is 13.7 Å². The molecule has 2 unspecified atom stereocenters. The fraction of sp³-hybridized carbons (Fsp3) is 0.643. The van der Waals surface area contributed by atoms with E-state index >= 15 is 0 Å². The van der Waals surface area contributed by atoms with Crippen molar-refractivity contribution >= 4 is 18.3 Å². The third kappa shape index (κ3) is 4.77. The molecule has 6 nitrogen and oxygen atoms in total. The van der Waals surface area contributed by atoms with E-state index in [2.05, 4.69) is 16.7 Å². The van der Waals surface area contributed by atoms with Gasteiger partial charge in [-0.1, -0.05) is 6.58 Å². The maximum Gasteiger partial charge on any atom is 0.165 e. The Morgan fingerprint density at radius 3 is 2.80 bits per heavy atom. The predicted octanol–water partition coefficient (Wildman–Crippen LogP) is 1.84. The highest BCUT2D eigenvalue weighted by Gasteiger charge is 2.26. The Morgan fingerprint density at radius 2 is 2.25 bits per heavy atom. The Kier molecular flexibility index (Phi) is 6.93. The number of aliphatic imine (C=N–C) groups is 1. The number of carbonyl (C=O) groups is 1. The number of hydrogen-bond acceptors (Lipinski definition) is 5. The lowest BCUT2D eigenvalue weighted by atomic mass is 10.2. The number of nitrogens with zero attached hydrogens (tertiary/aromatic N) is 4. The van der Waals surface area contributed by atoms with Crippen LogP contribution in [0.5, 0.6) is 0 Å². The van der Waals surface area contributed by atoms with Crippen LogP contribution in [-0.4, -0.2) is 54.3 Å². The van der Waals surface area contributed by atoms with Gasteiger partial charge in [-0.2, -0.15) is 5.10 Å². The van der Waals surface area contributed by atoms with Crippen molar-refractivity contribution < 1.29 is 9.53 Å². The first kappa shape index (κ1) is 16.4. The van der Waals surface area contributed by atoms with Crippen LogP contribution in [0.4, 0.5) is 0 Å². The largest absolute Gasteiger partial charge is 0.357 e. The first-order valence-electron chi connectivity index (χ1n) is 6.86. The van der Waals surface area contributed by atoms with Crippen molar-refractivity contribution in [2.24, 2.45) is 10.1 Å². The first-order valence-corrected chi connectivity index (χ1v) is 6.86. The summed E-state index contributed by atoms with van der Waals surface area (Å²) < 4.78 is 5.77. The van der Waals surface area contributed by atoms with E-state index in [4.69, 9.17) is 4.74 Å². The molecule has 112 valence electrons. The van der Waals surface area contributed by atoms with E-state index in [-0.39, 0.29) is 12.4 Å². The zero-order chi connectivity index (χ0) is 15.0. The second-order valence-electron chi connectivity index (χ2n) is 4.80. The molecule has 0 N–H and O–H groups in total. The summed E-state index contributed by atoms with van der Waals surface area (Å²) in [6.07, 6.45) is 6.82. The number of rotatable bonds is 7. The summed E-state index contributed by atoms with van der Waals surface area (Å²) in [5.41, 5.74) is 0.431. The highest BCUT2D eigenvalue weighted by atomic mass is 16.5. The second-order valence-corrected chi connectivity index (χ2v) is 4.80. The van der Waals surface area contributed by atoms with E-state index < -0.39 is 0 Å². The Morgan fingerprint density at radius 1 is 1.50 bits per heavy atom. The molecule has 0 aromatic carbocycles. The van der Waals surface area contributed by atoms with Crippen LogP contribution >= 0.6 is 0 Å². The molecule has 6 heteroatoms. The Bertz CT molecular complexity index is 375. The summed E-state index contributed by atoms with van der Waals surface area (Å²) in [6.45, 7) is 7.96. The number of hydrazone groups is 1. The fourth-order valence-electron chi connectivity index (χ4n) is 1.96. The molecule has 1 aliphatic rings. The lowest BCUT2D eigenvalue weighted by molar-refractivity contribution is -0.116. The number of hydrogen-bond donors (Lipinski definition) is 0. The molecular formula is C14H24N4O2.